The van der Waals surface area contributed by atoms with E-state index in [-0.39, 0.29) is 0 Å². The lowest BCUT2D eigenvalue weighted by Gasteiger charge is -1.91. The van der Waals surface area contributed by atoms with Crippen molar-refractivity contribution in [2.75, 3.05) is 11.5 Å². The number of hydrogen-bond acceptors (Lipinski definition) is 2. The quantitative estimate of drug-likeness (QED) is 0.448. The average molecular weight is 131 g/mol. The fourth-order valence-electron chi connectivity index (χ4n) is 0.389. The molecule has 0 unspecified atom stereocenters. The highest BCUT2D eigenvalue weighted by molar-refractivity contribution is 7.99. The maximum atomic E-state index is 6.70. The molecule has 0 aliphatic rings. The van der Waals surface area contributed by atoms with Crippen molar-refractivity contribution >= 4 is 18.0 Å². The van der Waals surface area contributed by atoms with Crippen LogP contribution in [0.1, 0.15) is 19.8 Å². The van der Waals surface area contributed by atoms with Crippen LogP contribution in [-0.2, 0) is 0 Å². The van der Waals surface area contributed by atoms with E-state index in [1.165, 1.54) is 18.4 Å². The molecule has 0 heterocycles. The van der Waals surface area contributed by atoms with Crippen LogP contribution < -0.4 is 0 Å². The van der Waals surface area contributed by atoms with Crippen molar-refractivity contribution in [1.82, 2.24) is 0 Å². The van der Waals surface area contributed by atoms with Gasteiger partial charge in [-0.05, 0) is 30.6 Å². The first-order chi connectivity index (χ1) is 3.91. The van der Waals surface area contributed by atoms with E-state index < -0.39 is 0 Å². The monoisotopic (exact) mass is 131 g/mol. The van der Waals surface area contributed by atoms with E-state index in [0.717, 1.165) is 12.2 Å². The predicted molar refractivity (Wildman–Crippen MR) is 41.0 cm³/mol. The molecule has 1 nitrogen and oxygen atoms in total. The van der Waals surface area contributed by atoms with Crippen LogP contribution in [0.15, 0.2) is 0 Å². The SMILES string of the molecule is CCCSCCC=N. The van der Waals surface area contributed by atoms with E-state index in [0.29, 0.717) is 0 Å². The molecular weight excluding hydrogens is 118 g/mol. The van der Waals surface area contributed by atoms with Crippen LogP contribution in [0.5, 0.6) is 0 Å². The van der Waals surface area contributed by atoms with Gasteiger partial charge in [0.15, 0.2) is 0 Å². The Labute approximate surface area is 55.4 Å². The van der Waals surface area contributed by atoms with E-state index >= 15 is 0 Å². The van der Waals surface area contributed by atoms with E-state index in [1.54, 1.807) is 0 Å². The molecule has 0 bridgehead atoms. The van der Waals surface area contributed by atoms with Crippen molar-refractivity contribution in [3.8, 4) is 0 Å². The molecule has 0 aromatic rings. The van der Waals surface area contributed by atoms with Crippen LogP contribution in [0, 0.1) is 5.41 Å². The van der Waals surface area contributed by atoms with Gasteiger partial charge in [-0.2, -0.15) is 11.8 Å². The minimum atomic E-state index is 0.935. The van der Waals surface area contributed by atoms with Crippen molar-refractivity contribution in [3.63, 3.8) is 0 Å². The molecule has 0 fully saturated rings. The molecule has 0 saturated heterocycles. The van der Waals surface area contributed by atoms with Crippen LogP contribution in [0.3, 0.4) is 0 Å². The Morgan fingerprint density at radius 2 is 2.25 bits per heavy atom. The van der Waals surface area contributed by atoms with Gasteiger partial charge < -0.3 is 5.41 Å². The smallest absolute Gasteiger partial charge is 0.00182 e. The molecule has 48 valence electrons. The summed E-state index contributed by atoms with van der Waals surface area (Å²) in [5.41, 5.74) is 0. The van der Waals surface area contributed by atoms with Crippen LogP contribution in [-0.4, -0.2) is 17.7 Å². The zero-order valence-electron chi connectivity index (χ0n) is 5.31. The molecule has 0 saturated carbocycles. The molecule has 0 amide bonds. The fourth-order valence-corrected chi connectivity index (χ4v) is 1.17. The fraction of sp³-hybridized carbons (Fsp3) is 0.833. The summed E-state index contributed by atoms with van der Waals surface area (Å²) in [5.74, 6) is 2.37. The third kappa shape index (κ3) is 6.02. The Balaban J connectivity index is 2.62. The minimum Gasteiger partial charge on any atom is -0.313 e. The Hall–Kier alpha value is 0.0200. The van der Waals surface area contributed by atoms with E-state index in [2.05, 4.69) is 6.92 Å². The minimum absolute atomic E-state index is 0.935. The summed E-state index contributed by atoms with van der Waals surface area (Å²) in [7, 11) is 0. The molecule has 0 aliphatic heterocycles. The second kappa shape index (κ2) is 7.02. The van der Waals surface area contributed by atoms with Gasteiger partial charge in [-0.15, -0.1) is 0 Å². The standard InChI is InChI=1S/C6H13NS/c1-2-5-8-6-3-4-7/h4,7H,2-3,5-6H2,1H3. The van der Waals surface area contributed by atoms with Gasteiger partial charge in [-0.25, -0.2) is 0 Å². The van der Waals surface area contributed by atoms with Crippen molar-refractivity contribution in [2.45, 2.75) is 19.8 Å². The second-order valence-corrected chi connectivity index (χ2v) is 2.83. The topological polar surface area (TPSA) is 23.9 Å². The maximum Gasteiger partial charge on any atom is -0.00182 e. The number of thioether (sulfide) groups is 1. The summed E-state index contributed by atoms with van der Waals surface area (Å²) >= 11 is 1.93. The summed E-state index contributed by atoms with van der Waals surface area (Å²) in [6, 6.07) is 0. The van der Waals surface area contributed by atoms with Gasteiger partial charge in [0, 0.05) is 0 Å². The molecule has 0 rings (SSSR count). The Kier molecular flexibility index (Phi) is 7.04. The molecule has 0 spiro atoms. The lowest BCUT2D eigenvalue weighted by molar-refractivity contribution is 1.10. The molecule has 8 heavy (non-hydrogen) atoms. The molecule has 1 N–H and O–H groups in total. The third-order valence-corrected chi connectivity index (χ3v) is 1.98. The van der Waals surface area contributed by atoms with Crippen LogP contribution in [0.25, 0.3) is 0 Å². The summed E-state index contributed by atoms with van der Waals surface area (Å²) in [4.78, 5) is 0. The summed E-state index contributed by atoms with van der Waals surface area (Å²) in [5, 5.41) is 6.70. The summed E-state index contributed by atoms with van der Waals surface area (Å²) in [6.45, 7) is 2.18. The van der Waals surface area contributed by atoms with Crippen LogP contribution >= 0.6 is 11.8 Å². The molecular formula is C6H13NS. The van der Waals surface area contributed by atoms with Gasteiger partial charge in [0.25, 0.3) is 0 Å². The first-order valence-corrected chi connectivity index (χ1v) is 4.14. The van der Waals surface area contributed by atoms with Gasteiger partial charge >= 0.3 is 0 Å². The van der Waals surface area contributed by atoms with Crippen molar-refractivity contribution in [1.29, 1.82) is 5.41 Å². The molecule has 0 atom stereocenters. The summed E-state index contributed by atoms with van der Waals surface area (Å²) < 4.78 is 0. The number of rotatable bonds is 5. The zero-order valence-corrected chi connectivity index (χ0v) is 6.13. The van der Waals surface area contributed by atoms with Gasteiger partial charge in [0.1, 0.15) is 0 Å². The lowest BCUT2D eigenvalue weighted by atomic mass is 10.5. The normalized spacial score (nSPS) is 9.12. The first kappa shape index (κ1) is 8.02. The predicted octanol–water partition coefficient (Wildman–Crippen LogP) is 2.17. The molecule has 0 aromatic carbocycles. The van der Waals surface area contributed by atoms with E-state index in [9.17, 15) is 0 Å². The number of hydrogen-bond donors (Lipinski definition) is 1. The average Bonchev–Trinajstić information content (AvgIpc) is 1.81. The summed E-state index contributed by atoms with van der Waals surface area (Å²) in [6.07, 6.45) is 3.66. The lowest BCUT2D eigenvalue weighted by Crippen LogP contribution is -1.81. The van der Waals surface area contributed by atoms with E-state index in [4.69, 9.17) is 5.41 Å². The highest BCUT2D eigenvalue weighted by atomic mass is 32.2. The van der Waals surface area contributed by atoms with Gasteiger partial charge in [0.2, 0.25) is 0 Å². The molecule has 0 radical (unpaired) electrons. The molecule has 0 aromatic heterocycles. The Bertz CT molecular complexity index is 54.5. The largest absolute Gasteiger partial charge is 0.313 e. The van der Waals surface area contributed by atoms with Crippen molar-refractivity contribution in [2.24, 2.45) is 0 Å². The third-order valence-electron chi connectivity index (χ3n) is 0.755. The Morgan fingerprint density at radius 1 is 1.50 bits per heavy atom. The van der Waals surface area contributed by atoms with Crippen LogP contribution in [0.4, 0.5) is 0 Å². The maximum absolute atomic E-state index is 6.70. The zero-order chi connectivity index (χ0) is 6.24. The first-order valence-electron chi connectivity index (χ1n) is 2.98. The Morgan fingerprint density at radius 3 is 2.75 bits per heavy atom. The van der Waals surface area contributed by atoms with Crippen molar-refractivity contribution in [3.05, 3.63) is 0 Å². The van der Waals surface area contributed by atoms with Crippen LogP contribution in [0.2, 0.25) is 0 Å². The number of nitrogens with one attached hydrogen (secondary N) is 1. The highest BCUT2D eigenvalue weighted by Gasteiger charge is 1.81. The van der Waals surface area contributed by atoms with Gasteiger partial charge in [0.05, 0.1) is 0 Å². The van der Waals surface area contributed by atoms with Crippen molar-refractivity contribution < 1.29 is 0 Å². The van der Waals surface area contributed by atoms with E-state index in [1.807, 2.05) is 11.8 Å². The van der Waals surface area contributed by atoms with Gasteiger partial charge in [-0.1, -0.05) is 6.92 Å². The highest BCUT2D eigenvalue weighted by Crippen LogP contribution is 2.01. The molecule has 0 aliphatic carbocycles. The second-order valence-electron chi connectivity index (χ2n) is 1.61. The van der Waals surface area contributed by atoms with Gasteiger partial charge in [-0.3, -0.25) is 0 Å². The molecule has 2 heteroatoms.